The van der Waals surface area contributed by atoms with E-state index in [-0.39, 0.29) is 0 Å². The monoisotopic (exact) mass is 220 g/mol. The van der Waals surface area contributed by atoms with Gasteiger partial charge in [0.25, 0.3) is 0 Å². The molecule has 0 spiro atoms. The third-order valence-electron chi connectivity index (χ3n) is 3.20. The van der Waals surface area contributed by atoms with Gasteiger partial charge in [-0.25, -0.2) is 4.98 Å². The van der Waals surface area contributed by atoms with E-state index in [1.807, 2.05) is 12.3 Å². The van der Waals surface area contributed by atoms with Gasteiger partial charge < -0.3 is 10.4 Å². The van der Waals surface area contributed by atoms with E-state index in [0.717, 1.165) is 25.1 Å². The molecule has 88 valence electrons. The molecule has 1 aliphatic rings. The number of nitrogens with zero attached hydrogens (tertiary/aromatic N) is 1. The molecule has 1 aromatic rings. The van der Waals surface area contributed by atoms with E-state index in [9.17, 15) is 0 Å². The van der Waals surface area contributed by atoms with Crippen molar-refractivity contribution in [2.45, 2.75) is 44.6 Å². The zero-order chi connectivity index (χ0) is 11.2. The number of hydrogen-bond donors (Lipinski definition) is 2. The number of pyridine rings is 1. The molecule has 2 heterocycles. The van der Waals surface area contributed by atoms with Gasteiger partial charge in [0, 0.05) is 18.8 Å². The van der Waals surface area contributed by atoms with E-state index >= 15 is 0 Å². The molecule has 0 fully saturated rings. The molecule has 0 bridgehead atoms. The van der Waals surface area contributed by atoms with Crippen LogP contribution in [0.15, 0.2) is 18.3 Å². The second kappa shape index (κ2) is 5.85. The van der Waals surface area contributed by atoms with Crippen molar-refractivity contribution in [3.05, 3.63) is 23.9 Å². The standard InChI is InChI=1S/C13H20N2O/c16-10-3-1-2-6-12-8-7-11-5-4-9-14-13(11)15-12/h4-5,9,12,16H,1-3,6-8,10H2,(H,14,15)/t12-/m0/s1. The molecule has 0 saturated heterocycles. The maximum atomic E-state index is 8.71. The van der Waals surface area contributed by atoms with Crippen LogP contribution >= 0.6 is 0 Å². The summed E-state index contributed by atoms with van der Waals surface area (Å²) in [4.78, 5) is 4.36. The first-order chi connectivity index (χ1) is 7.90. The van der Waals surface area contributed by atoms with Gasteiger partial charge >= 0.3 is 0 Å². The highest BCUT2D eigenvalue weighted by atomic mass is 16.2. The Morgan fingerprint density at radius 3 is 3.19 bits per heavy atom. The van der Waals surface area contributed by atoms with Crippen LogP contribution in [0.25, 0.3) is 0 Å². The number of aliphatic hydroxyl groups is 1. The molecule has 0 saturated carbocycles. The van der Waals surface area contributed by atoms with Crippen LogP contribution in [0.1, 0.15) is 37.7 Å². The quantitative estimate of drug-likeness (QED) is 0.749. The molecular formula is C13H20N2O. The Hall–Kier alpha value is -1.09. The first kappa shape index (κ1) is 11.4. The van der Waals surface area contributed by atoms with Crippen molar-refractivity contribution in [1.29, 1.82) is 0 Å². The topological polar surface area (TPSA) is 45.2 Å². The van der Waals surface area contributed by atoms with E-state index < -0.39 is 0 Å². The van der Waals surface area contributed by atoms with E-state index in [2.05, 4.69) is 16.4 Å². The van der Waals surface area contributed by atoms with Crippen LogP contribution in [0.5, 0.6) is 0 Å². The highest BCUT2D eigenvalue weighted by Gasteiger charge is 2.17. The number of fused-ring (bicyclic) bond motifs is 1. The average Bonchev–Trinajstić information content (AvgIpc) is 2.34. The molecule has 0 amide bonds. The molecule has 16 heavy (non-hydrogen) atoms. The summed E-state index contributed by atoms with van der Waals surface area (Å²) in [6, 6.07) is 4.72. The summed E-state index contributed by atoms with van der Waals surface area (Å²) in [6.07, 6.45) is 8.64. The fourth-order valence-electron chi connectivity index (χ4n) is 2.26. The SMILES string of the molecule is OCCCCC[C@H]1CCc2cccnc2N1. The van der Waals surface area contributed by atoms with Crippen molar-refractivity contribution < 1.29 is 5.11 Å². The number of aliphatic hydroxyl groups excluding tert-OH is 1. The highest BCUT2D eigenvalue weighted by Crippen LogP contribution is 2.24. The predicted molar refractivity (Wildman–Crippen MR) is 65.5 cm³/mol. The van der Waals surface area contributed by atoms with Gasteiger partial charge in [0.1, 0.15) is 5.82 Å². The van der Waals surface area contributed by atoms with Crippen LogP contribution in [-0.4, -0.2) is 22.7 Å². The minimum atomic E-state index is 0.322. The molecule has 3 nitrogen and oxygen atoms in total. The molecule has 0 aliphatic carbocycles. The molecule has 2 rings (SSSR count). The van der Waals surface area contributed by atoms with Crippen LogP contribution in [0.2, 0.25) is 0 Å². The number of aryl methyl sites for hydroxylation is 1. The Bertz CT molecular complexity index is 327. The van der Waals surface area contributed by atoms with Gasteiger partial charge in [-0.05, 0) is 37.3 Å². The number of nitrogens with one attached hydrogen (secondary N) is 1. The van der Waals surface area contributed by atoms with Gasteiger partial charge in [-0.2, -0.15) is 0 Å². The summed E-state index contributed by atoms with van der Waals surface area (Å²) in [5.74, 6) is 1.07. The normalized spacial score (nSPS) is 18.9. The van der Waals surface area contributed by atoms with Gasteiger partial charge in [-0.3, -0.25) is 0 Å². The maximum Gasteiger partial charge on any atom is 0.129 e. The summed E-state index contributed by atoms with van der Waals surface area (Å²) >= 11 is 0. The van der Waals surface area contributed by atoms with E-state index in [1.54, 1.807) is 0 Å². The molecule has 1 atom stereocenters. The van der Waals surface area contributed by atoms with E-state index in [0.29, 0.717) is 12.6 Å². The first-order valence-electron chi connectivity index (χ1n) is 6.21. The molecule has 0 radical (unpaired) electrons. The molecule has 1 aromatic heterocycles. The summed E-state index contributed by atoms with van der Waals surface area (Å²) in [5, 5.41) is 12.2. The Balaban J connectivity index is 1.79. The second-order valence-corrected chi connectivity index (χ2v) is 4.46. The number of rotatable bonds is 5. The van der Waals surface area contributed by atoms with Crippen LogP contribution in [0.3, 0.4) is 0 Å². The minimum Gasteiger partial charge on any atom is -0.396 e. The van der Waals surface area contributed by atoms with Gasteiger partial charge in [-0.15, -0.1) is 0 Å². The lowest BCUT2D eigenvalue weighted by molar-refractivity contribution is 0.282. The molecule has 2 N–H and O–H groups in total. The average molecular weight is 220 g/mol. The summed E-state index contributed by atoms with van der Waals surface area (Å²) in [6.45, 7) is 0.322. The zero-order valence-electron chi connectivity index (χ0n) is 9.65. The Kier molecular flexibility index (Phi) is 4.17. The Labute approximate surface area is 96.9 Å². The van der Waals surface area contributed by atoms with Crippen molar-refractivity contribution in [3.8, 4) is 0 Å². The third kappa shape index (κ3) is 2.95. The minimum absolute atomic E-state index is 0.322. The Morgan fingerprint density at radius 2 is 2.31 bits per heavy atom. The molecule has 1 aliphatic heterocycles. The number of aromatic nitrogens is 1. The lowest BCUT2D eigenvalue weighted by Gasteiger charge is -2.25. The second-order valence-electron chi connectivity index (χ2n) is 4.46. The fraction of sp³-hybridized carbons (Fsp3) is 0.615. The summed E-state index contributed by atoms with van der Waals surface area (Å²) in [7, 11) is 0. The zero-order valence-corrected chi connectivity index (χ0v) is 9.65. The fourth-order valence-corrected chi connectivity index (χ4v) is 2.26. The van der Waals surface area contributed by atoms with Crippen molar-refractivity contribution in [3.63, 3.8) is 0 Å². The van der Waals surface area contributed by atoms with Crippen LogP contribution in [-0.2, 0) is 6.42 Å². The van der Waals surface area contributed by atoms with Crippen molar-refractivity contribution >= 4 is 5.82 Å². The van der Waals surface area contributed by atoms with Gasteiger partial charge in [-0.1, -0.05) is 18.9 Å². The smallest absolute Gasteiger partial charge is 0.129 e. The van der Waals surface area contributed by atoms with Crippen LogP contribution < -0.4 is 5.32 Å². The van der Waals surface area contributed by atoms with E-state index in [1.165, 1.54) is 24.8 Å². The van der Waals surface area contributed by atoms with Crippen molar-refractivity contribution in [1.82, 2.24) is 4.98 Å². The molecule has 0 unspecified atom stereocenters. The van der Waals surface area contributed by atoms with Gasteiger partial charge in [0.15, 0.2) is 0 Å². The summed E-state index contributed by atoms with van der Waals surface area (Å²) in [5.41, 5.74) is 1.34. The van der Waals surface area contributed by atoms with Gasteiger partial charge in [0.05, 0.1) is 0 Å². The van der Waals surface area contributed by atoms with Gasteiger partial charge in [0.2, 0.25) is 0 Å². The largest absolute Gasteiger partial charge is 0.396 e. The van der Waals surface area contributed by atoms with Crippen molar-refractivity contribution in [2.75, 3.05) is 11.9 Å². The van der Waals surface area contributed by atoms with E-state index in [4.69, 9.17) is 5.11 Å². The predicted octanol–water partition coefficient (Wildman–Crippen LogP) is 2.36. The van der Waals surface area contributed by atoms with Crippen LogP contribution in [0.4, 0.5) is 5.82 Å². The van der Waals surface area contributed by atoms with Crippen molar-refractivity contribution in [2.24, 2.45) is 0 Å². The highest BCUT2D eigenvalue weighted by molar-refractivity contribution is 5.46. The number of anilines is 1. The number of hydrogen-bond acceptors (Lipinski definition) is 3. The lowest BCUT2D eigenvalue weighted by Crippen LogP contribution is -2.26. The molecule has 0 aromatic carbocycles. The number of unbranched alkanes of at least 4 members (excludes halogenated alkanes) is 2. The molecular weight excluding hydrogens is 200 g/mol. The van der Waals surface area contributed by atoms with Crippen LogP contribution in [0, 0.1) is 0 Å². The summed E-state index contributed by atoms with van der Waals surface area (Å²) < 4.78 is 0. The third-order valence-corrected chi connectivity index (χ3v) is 3.20. The lowest BCUT2D eigenvalue weighted by atomic mass is 9.97. The Morgan fingerprint density at radius 1 is 1.38 bits per heavy atom. The molecule has 3 heteroatoms. The first-order valence-corrected chi connectivity index (χ1v) is 6.21. The maximum absolute atomic E-state index is 8.71.